The first kappa shape index (κ1) is 15.0. The van der Waals surface area contributed by atoms with E-state index in [0.29, 0.717) is 0 Å². The zero-order chi connectivity index (χ0) is 13.6. The van der Waals surface area contributed by atoms with Gasteiger partial charge in [-0.05, 0) is 46.2 Å². The van der Waals surface area contributed by atoms with E-state index >= 15 is 0 Å². The van der Waals surface area contributed by atoms with Gasteiger partial charge in [0, 0.05) is 30.9 Å². The standard InChI is InChI=1S/C16H28N2/c1-6-16(4,5)17-12-13-18(7-2)15-10-8-14(3)9-11-15/h8-11,17H,6-7,12-13H2,1-5H3. The lowest BCUT2D eigenvalue weighted by molar-refractivity contribution is 0.380. The fourth-order valence-electron chi connectivity index (χ4n) is 1.88. The highest BCUT2D eigenvalue weighted by Gasteiger charge is 2.13. The first-order valence-corrected chi connectivity index (χ1v) is 7.05. The number of rotatable bonds is 7. The maximum atomic E-state index is 3.61. The summed E-state index contributed by atoms with van der Waals surface area (Å²) in [4.78, 5) is 2.41. The number of aryl methyl sites for hydroxylation is 1. The summed E-state index contributed by atoms with van der Waals surface area (Å²) in [5.74, 6) is 0. The highest BCUT2D eigenvalue weighted by molar-refractivity contribution is 5.47. The number of nitrogens with one attached hydrogen (secondary N) is 1. The topological polar surface area (TPSA) is 15.3 Å². The Morgan fingerprint density at radius 3 is 2.22 bits per heavy atom. The molecule has 102 valence electrons. The molecule has 0 atom stereocenters. The molecule has 0 saturated carbocycles. The van der Waals surface area contributed by atoms with E-state index in [2.05, 4.69) is 69.1 Å². The van der Waals surface area contributed by atoms with Crippen LogP contribution in [0, 0.1) is 6.92 Å². The molecule has 2 nitrogen and oxygen atoms in total. The highest BCUT2D eigenvalue weighted by atomic mass is 15.1. The van der Waals surface area contributed by atoms with Crippen LogP contribution in [0.4, 0.5) is 5.69 Å². The molecule has 0 bridgehead atoms. The van der Waals surface area contributed by atoms with Crippen LogP contribution in [0.25, 0.3) is 0 Å². The summed E-state index contributed by atoms with van der Waals surface area (Å²) >= 11 is 0. The maximum absolute atomic E-state index is 3.61. The van der Waals surface area contributed by atoms with Gasteiger partial charge in [-0.1, -0.05) is 24.6 Å². The molecule has 0 aromatic heterocycles. The van der Waals surface area contributed by atoms with E-state index < -0.39 is 0 Å². The van der Waals surface area contributed by atoms with E-state index in [4.69, 9.17) is 0 Å². The lowest BCUT2D eigenvalue weighted by atomic mass is 10.0. The summed E-state index contributed by atoms with van der Waals surface area (Å²) in [5, 5.41) is 3.61. The Morgan fingerprint density at radius 1 is 1.11 bits per heavy atom. The molecular weight excluding hydrogens is 220 g/mol. The Kier molecular flexibility index (Phi) is 5.67. The van der Waals surface area contributed by atoms with Crippen molar-refractivity contribution < 1.29 is 0 Å². The molecule has 1 rings (SSSR count). The minimum atomic E-state index is 0.243. The molecule has 0 aliphatic carbocycles. The second kappa shape index (κ2) is 6.79. The van der Waals surface area contributed by atoms with Gasteiger partial charge in [-0.2, -0.15) is 0 Å². The highest BCUT2D eigenvalue weighted by Crippen LogP contribution is 2.14. The zero-order valence-electron chi connectivity index (χ0n) is 12.6. The van der Waals surface area contributed by atoms with Crippen molar-refractivity contribution in [3.05, 3.63) is 29.8 Å². The van der Waals surface area contributed by atoms with Gasteiger partial charge >= 0.3 is 0 Å². The van der Waals surface area contributed by atoms with Crippen LogP contribution in [-0.4, -0.2) is 25.2 Å². The number of benzene rings is 1. The lowest BCUT2D eigenvalue weighted by Crippen LogP contribution is -2.43. The number of likely N-dealkylation sites (N-methyl/N-ethyl adjacent to an activating group) is 1. The lowest BCUT2D eigenvalue weighted by Gasteiger charge is -2.28. The summed E-state index contributed by atoms with van der Waals surface area (Å²) in [5.41, 5.74) is 2.88. The second-order valence-electron chi connectivity index (χ2n) is 5.58. The van der Waals surface area contributed by atoms with E-state index in [1.165, 1.54) is 11.3 Å². The van der Waals surface area contributed by atoms with Crippen LogP contribution in [0.1, 0.15) is 39.7 Å². The molecule has 1 N–H and O–H groups in total. The molecule has 0 radical (unpaired) electrons. The van der Waals surface area contributed by atoms with Crippen LogP contribution in [0.5, 0.6) is 0 Å². The molecule has 18 heavy (non-hydrogen) atoms. The molecule has 0 aliphatic rings. The van der Waals surface area contributed by atoms with E-state index in [-0.39, 0.29) is 5.54 Å². The summed E-state index contributed by atoms with van der Waals surface area (Å²) in [7, 11) is 0. The van der Waals surface area contributed by atoms with E-state index in [0.717, 1.165) is 26.1 Å². The monoisotopic (exact) mass is 248 g/mol. The van der Waals surface area contributed by atoms with Gasteiger partial charge in [-0.15, -0.1) is 0 Å². The van der Waals surface area contributed by atoms with E-state index in [1.807, 2.05) is 0 Å². The van der Waals surface area contributed by atoms with Gasteiger partial charge in [0.05, 0.1) is 0 Å². The Hall–Kier alpha value is -1.02. The maximum Gasteiger partial charge on any atom is 0.0366 e. The van der Waals surface area contributed by atoms with Crippen LogP contribution in [0.3, 0.4) is 0 Å². The minimum absolute atomic E-state index is 0.243. The van der Waals surface area contributed by atoms with Crippen molar-refractivity contribution in [3.8, 4) is 0 Å². The SMILES string of the molecule is CCN(CCNC(C)(C)CC)c1ccc(C)cc1. The summed E-state index contributed by atoms with van der Waals surface area (Å²) in [6.07, 6.45) is 1.16. The molecule has 0 heterocycles. The molecule has 0 aliphatic heterocycles. The van der Waals surface area contributed by atoms with Crippen molar-refractivity contribution in [3.63, 3.8) is 0 Å². The van der Waals surface area contributed by atoms with Gasteiger partial charge in [0.1, 0.15) is 0 Å². The fourth-order valence-corrected chi connectivity index (χ4v) is 1.88. The quantitative estimate of drug-likeness (QED) is 0.793. The molecular formula is C16H28N2. The normalized spacial score (nSPS) is 11.6. The number of hydrogen-bond acceptors (Lipinski definition) is 2. The van der Waals surface area contributed by atoms with Crippen LogP contribution in [0.2, 0.25) is 0 Å². The average molecular weight is 248 g/mol. The molecule has 0 amide bonds. The van der Waals surface area contributed by atoms with Crippen LogP contribution in [-0.2, 0) is 0 Å². The predicted octanol–water partition coefficient (Wildman–Crippen LogP) is 3.60. The first-order chi connectivity index (χ1) is 8.48. The van der Waals surface area contributed by atoms with Crippen LogP contribution < -0.4 is 10.2 Å². The number of nitrogens with zero attached hydrogens (tertiary/aromatic N) is 1. The zero-order valence-corrected chi connectivity index (χ0v) is 12.6. The molecule has 0 spiro atoms. The van der Waals surface area contributed by atoms with Crippen molar-refractivity contribution in [2.45, 2.75) is 46.6 Å². The summed E-state index contributed by atoms with van der Waals surface area (Å²) in [6, 6.07) is 8.79. The molecule has 2 heteroatoms. The smallest absolute Gasteiger partial charge is 0.0366 e. The predicted molar refractivity (Wildman–Crippen MR) is 81.4 cm³/mol. The number of anilines is 1. The second-order valence-corrected chi connectivity index (χ2v) is 5.58. The third-order valence-electron chi connectivity index (χ3n) is 3.65. The van der Waals surface area contributed by atoms with Crippen LogP contribution in [0.15, 0.2) is 24.3 Å². The molecule has 1 aromatic rings. The van der Waals surface area contributed by atoms with Gasteiger partial charge in [0.25, 0.3) is 0 Å². The minimum Gasteiger partial charge on any atom is -0.371 e. The summed E-state index contributed by atoms with van der Waals surface area (Å²) < 4.78 is 0. The van der Waals surface area contributed by atoms with Gasteiger partial charge in [0.2, 0.25) is 0 Å². The van der Waals surface area contributed by atoms with Crippen molar-refractivity contribution in [1.29, 1.82) is 0 Å². The van der Waals surface area contributed by atoms with E-state index in [9.17, 15) is 0 Å². The fraction of sp³-hybridized carbons (Fsp3) is 0.625. The Labute approximate surface area is 112 Å². The Morgan fingerprint density at radius 2 is 1.72 bits per heavy atom. The largest absolute Gasteiger partial charge is 0.371 e. The molecule has 0 saturated heterocycles. The van der Waals surface area contributed by atoms with Gasteiger partial charge in [-0.3, -0.25) is 0 Å². The van der Waals surface area contributed by atoms with Gasteiger partial charge in [-0.25, -0.2) is 0 Å². The summed E-state index contributed by atoms with van der Waals surface area (Å²) in [6.45, 7) is 14.2. The Balaban J connectivity index is 2.50. The molecule has 0 unspecified atom stereocenters. The van der Waals surface area contributed by atoms with Crippen molar-refractivity contribution in [2.24, 2.45) is 0 Å². The molecule has 1 aromatic carbocycles. The van der Waals surface area contributed by atoms with Gasteiger partial charge in [0.15, 0.2) is 0 Å². The van der Waals surface area contributed by atoms with Gasteiger partial charge < -0.3 is 10.2 Å². The third kappa shape index (κ3) is 4.69. The van der Waals surface area contributed by atoms with Crippen molar-refractivity contribution in [2.75, 3.05) is 24.5 Å². The first-order valence-electron chi connectivity index (χ1n) is 7.05. The molecule has 0 fully saturated rings. The van der Waals surface area contributed by atoms with E-state index in [1.54, 1.807) is 0 Å². The number of hydrogen-bond donors (Lipinski definition) is 1. The average Bonchev–Trinajstić information content (AvgIpc) is 2.36. The van der Waals surface area contributed by atoms with Crippen LogP contribution >= 0.6 is 0 Å². The third-order valence-corrected chi connectivity index (χ3v) is 3.65. The van der Waals surface area contributed by atoms with Crippen molar-refractivity contribution >= 4 is 5.69 Å². The Bertz CT molecular complexity index is 341. The van der Waals surface area contributed by atoms with Crippen molar-refractivity contribution in [1.82, 2.24) is 5.32 Å².